The number of unbranched alkanes of at least 4 members (excludes halogenated alkanes) is 2. The lowest BCUT2D eigenvalue weighted by Gasteiger charge is -2.08. The van der Waals surface area contributed by atoms with E-state index in [4.69, 9.17) is 4.74 Å². The maximum atomic E-state index is 12.4. The van der Waals surface area contributed by atoms with Crippen molar-refractivity contribution in [2.75, 3.05) is 6.61 Å². The second-order valence-electron chi connectivity index (χ2n) is 7.14. The van der Waals surface area contributed by atoms with E-state index < -0.39 is 0 Å². The Kier molecular flexibility index (Phi) is 9.80. The zero-order valence-electron chi connectivity index (χ0n) is 17.6. The van der Waals surface area contributed by atoms with Crippen molar-refractivity contribution in [1.29, 1.82) is 0 Å². The number of nitrogens with one attached hydrogen (secondary N) is 1. The largest absolute Gasteiger partial charge is 1.00 e. The van der Waals surface area contributed by atoms with E-state index in [1.54, 1.807) is 0 Å². The van der Waals surface area contributed by atoms with Crippen molar-refractivity contribution in [2.24, 2.45) is 7.05 Å². The summed E-state index contributed by atoms with van der Waals surface area (Å²) in [5, 5.41) is 2.97. The van der Waals surface area contributed by atoms with Crippen molar-refractivity contribution in [3.63, 3.8) is 0 Å². The van der Waals surface area contributed by atoms with Gasteiger partial charge in [0.2, 0.25) is 0 Å². The van der Waals surface area contributed by atoms with Crippen LogP contribution in [-0.4, -0.2) is 12.5 Å². The third-order valence-electron chi connectivity index (χ3n) is 4.94. The third kappa shape index (κ3) is 6.83. The average molecular weight is 516 g/mol. The molecule has 5 heteroatoms. The Morgan fingerprint density at radius 2 is 1.60 bits per heavy atom. The molecule has 1 heterocycles. The molecule has 0 unspecified atom stereocenters. The van der Waals surface area contributed by atoms with Crippen LogP contribution in [0.2, 0.25) is 0 Å². The summed E-state index contributed by atoms with van der Waals surface area (Å²) < 4.78 is 7.77. The number of halogens is 1. The molecule has 0 saturated carbocycles. The highest BCUT2D eigenvalue weighted by molar-refractivity contribution is 5.94. The number of carbonyl (C=O) groups excluding carboxylic acids is 1. The highest BCUT2D eigenvalue weighted by Gasteiger charge is 2.10. The maximum Gasteiger partial charge on any atom is 0.251 e. The minimum Gasteiger partial charge on any atom is -1.00 e. The number of nitrogens with zero attached hydrogens (tertiary/aromatic N) is 1. The monoisotopic (exact) mass is 516 g/mol. The molecule has 1 aromatic heterocycles. The van der Waals surface area contributed by atoms with E-state index in [0.29, 0.717) is 12.1 Å². The van der Waals surface area contributed by atoms with Crippen LogP contribution < -0.4 is 38.6 Å². The molecule has 3 aromatic rings. The van der Waals surface area contributed by atoms with E-state index in [0.717, 1.165) is 35.6 Å². The minimum atomic E-state index is -0.0729. The molecule has 158 valence electrons. The first-order valence-electron chi connectivity index (χ1n) is 10.2. The van der Waals surface area contributed by atoms with Crippen LogP contribution in [0, 0.1) is 0 Å². The molecule has 0 aliphatic carbocycles. The Morgan fingerprint density at radius 1 is 0.933 bits per heavy atom. The lowest BCUT2D eigenvalue weighted by Crippen LogP contribution is -3.00. The van der Waals surface area contributed by atoms with Crippen molar-refractivity contribution < 1.29 is 38.1 Å². The van der Waals surface area contributed by atoms with E-state index in [9.17, 15) is 4.79 Å². The summed E-state index contributed by atoms with van der Waals surface area (Å²) in [5.41, 5.74) is 3.89. The van der Waals surface area contributed by atoms with Crippen LogP contribution in [0.15, 0.2) is 72.9 Å². The fourth-order valence-electron chi connectivity index (χ4n) is 3.11. The van der Waals surface area contributed by atoms with Crippen LogP contribution in [0.4, 0.5) is 0 Å². The van der Waals surface area contributed by atoms with Crippen molar-refractivity contribution >= 4 is 5.91 Å². The molecule has 0 spiro atoms. The number of aryl methyl sites for hydroxylation is 1. The van der Waals surface area contributed by atoms with Gasteiger partial charge in [0, 0.05) is 17.7 Å². The number of hydrogen-bond donors (Lipinski definition) is 1. The van der Waals surface area contributed by atoms with Crippen molar-refractivity contribution in [3.8, 4) is 16.9 Å². The van der Waals surface area contributed by atoms with Gasteiger partial charge in [-0.05, 0) is 41.8 Å². The quantitative estimate of drug-likeness (QED) is 0.267. The Labute approximate surface area is 196 Å². The second kappa shape index (κ2) is 12.3. The van der Waals surface area contributed by atoms with Crippen LogP contribution in [-0.2, 0) is 13.6 Å². The first-order valence-corrected chi connectivity index (χ1v) is 10.2. The standard InChI is InChI=1S/C25H28N2O2.HI/c1-3-4-7-18-29-24-15-13-21(14-16-24)20-9-11-22(12-10-20)25(28)26-19-23-8-5-6-17-27(23)2;/h5-6,8-17H,3-4,7,18-19H2,1-2H3;1H. The number of ether oxygens (including phenoxy) is 1. The second-order valence-corrected chi connectivity index (χ2v) is 7.14. The zero-order chi connectivity index (χ0) is 20.5. The molecule has 0 fully saturated rings. The molecule has 0 aliphatic heterocycles. The van der Waals surface area contributed by atoms with Gasteiger partial charge in [0.15, 0.2) is 11.9 Å². The van der Waals surface area contributed by atoms with Gasteiger partial charge in [0.05, 0.1) is 6.61 Å². The van der Waals surface area contributed by atoms with Gasteiger partial charge in [-0.15, -0.1) is 0 Å². The molecular weight excluding hydrogens is 487 g/mol. The summed E-state index contributed by atoms with van der Waals surface area (Å²) >= 11 is 0. The number of amides is 1. The summed E-state index contributed by atoms with van der Waals surface area (Å²) in [4.78, 5) is 12.4. The van der Waals surface area contributed by atoms with Gasteiger partial charge in [-0.3, -0.25) is 4.79 Å². The molecule has 2 aromatic carbocycles. The summed E-state index contributed by atoms with van der Waals surface area (Å²) in [6.45, 7) is 3.45. The molecule has 0 saturated heterocycles. The minimum absolute atomic E-state index is 0. The molecule has 1 amide bonds. The zero-order valence-corrected chi connectivity index (χ0v) is 19.8. The Hall–Kier alpha value is -2.41. The number of carbonyl (C=O) groups is 1. The van der Waals surface area contributed by atoms with Crippen molar-refractivity contribution in [2.45, 2.75) is 32.7 Å². The van der Waals surface area contributed by atoms with Gasteiger partial charge in [-0.1, -0.05) is 50.1 Å². The van der Waals surface area contributed by atoms with Gasteiger partial charge in [-0.25, -0.2) is 4.57 Å². The first kappa shape index (κ1) is 23.9. The Balaban J connectivity index is 0.00000320. The van der Waals surface area contributed by atoms with E-state index in [-0.39, 0.29) is 29.9 Å². The molecular formula is C25H29IN2O2. The van der Waals surface area contributed by atoms with Crippen molar-refractivity contribution in [1.82, 2.24) is 5.32 Å². The fraction of sp³-hybridized carbons (Fsp3) is 0.280. The van der Waals surface area contributed by atoms with Crippen LogP contribution in [0.3, 0.4) is 0 Å². The Bertz CT molecular complexity index is 925. The highest BCUT2D eigenvalue weighted by Crippen LogP contribution is 2.23. The SMILES string of the molecule is CCCCCOc1ccc(-c2ccc(C(=O)NCc3cccc[n+]3C)cc2)cc1.[I-]. The van der Waals surface area contributed by atoms with Crippen molar-refractivity contribution in [3.05, 3.63) is 84.2 Å². The summed E-state index contributed by atoms with van der Waals surface area (Å²) in [6, 6.07) is 21.7. The van der Waals surface area contributed by atoms with E-state index in [1.165, 1.54) is 12.8 Å². The normalized spacial score (nSPS) is 10.2. The molecule has 0 bridgehead atoms. The van der Waals surface area contributed by atoms with Crippen LogP contribution in [0.25, 0.3) is 11.1 Å². The Morgan fingerprint density at radius 3 is 2.23 bits per heavy atom. The smallest absolute Gasteiger partial charge is 0.251 e. The molecule has 3 rings (SSSR count). The lowest BCUT2D eigenvalue weighted by molar-refractivity contribution is -0.679. The highest BCUT2D eigenvalue weighted by atomic mass is 127. The van der Waals surface area contributed by atoms with Crippen LogP contribution in [0.1, 0.15) is 42.2 Å². The number of benzene rings is 2. The molecule has 1 N–H and O–H groups in total. The topological polar surface area (TPSA) is 42.2 Å². The van der Waals surface area contributed by atoms with E-state index >= 15 is 0 Å². The van der Waals surface area contributed by atoms with Gasteiger partial charge in [-0.2, -0.15) is 0 Å². The van der Waals surface area contributed by atoms with Gasteiger partial charge in [0.1, 0.15) is 19.3 Å². The van der Waals surface area contributed by atoms with Gasteiger partial charge in [0.25, 0.3) is 5.91 Å². The van der Waals surface area contributed by atoms with Gasteiger partial charge < -0.3 is 34.0 Å². The summed E-state index contributed by atoms with van der Waals surface area (Å²) in [6.07, 6.45) is 5.45. The van der Waals surface area contributed by atoms with Crippen LogP contribution >= 0.6 is 0 Å². The lowest BCUT2D eigenvalue weighted by atomic mass is 10.0. The molecule has 0 atom stereocenters. The third-order valence-corrected chi connectivity index (χ3v) is 4.94. The average Bonchev–Trinajstić information content (AvgIpc) is 2.76. The maximum absolute atomic E-state index is 12.4. The predicted molar refractivity (Wildman–Crippen MR) is 116 cm³/mol. The molecule has 0 aliphatic rings. The predicted octanol–water partition coefficient (Wildman–Crippen LogP) is 1.68. The summed E-state index contributed by atoms with van der Waals surface area (Å²) in [5.74, 6) is 0.825. The van der Waals surface area contributed by atoms with Gasteiger partial charge >= 0.3 is 0 Å². The molecule has 4 nitrogen and oxygen atoms in total. The number of hydrogen-bond acceptors (Lipinski definition) is 2. The summed E-state index contributed by atoms with van der Waals surface area (Å²) in [7, 11) is 1.97. The van der Waals surface area contributed by atoms with Crippen LogP contribution in [0.5, 0.6) is 5.75 Å². The fourth-order valence-corrected chi connectivity index (χ4v) is 3.11. The molecule has 30 heavy (non-hydrogen) atoms. The van der Waals surface area contributed by atoms with E-state index in [2.05, 4.69) is 24.4 Å². The number of rotatable bonds is 9. The first-order chi connectivity index (χ1) is 14.2. The number of aromatic nitrogens is 1. The molecule has 0 radical (unpaired) electrons. The van der Waals surface area contributed by atoms with E-state index in [1.807, 2.05) is 72.4 Å². The number of pyridine rings is 1.